The van der Waals surface area contributed by atoms with Crippen molar-refractivity contribution in [3.05, 3.63) is 52.6 Å². The van der Waals surface area contributed by atoms with Crippen molar-refractivity contribution >= 4 is 34.7 Å². The van der Waals surface area contributed by atoms with E-state index >= 15 is 0 Å². The molecule has 0 amide bonds. The summed E-state index contributed by atoms with van der Waals surface area (Å²) in [6, 6.07) is 11.4. The van der Waals surface area contributed by atoms with E-state index in [2.05, 4.69) is 20.3 Å². The highest BCUT2D eigenvalue weighted by molar-refractivity contribution is 7.99. The van der Waals surface area contributed by atoms with E-state index in [-0.39, 0.29) is 5.25 Å². The minimum atomic E-state index is -0.0363. The highest BCUT2D eigenvalue weighted by Crippen LogP contribution is 2.35. The molecule has 0 N–H and O–H groups in total. The fourth-order valence-corrected chi connectivity index (χ4v) is 4.17. The van der Waals surface area contributed by atoms with Crippen LogP contribution in [0.4, 0.5) is 0 Å². The van der Waals surface area contributed by atoms with Gasteiger partial charge in [-0.1, -0.05) is 40.7 Å². The third-order valence-corrected chi connectivity index (χ3v) is 5.97. The van der Waals surface area contributed by atoms with Crippen LogP contribution in [0.1, 0.15) is 18.0 Å². The lowest BCUT2D eigenvalue weighted by atomic mass is 10.2. The number of halogens is 1. The number of aromatic nitrogens is 5. The van der Waals surface area contributed by atoms with Crippen LogP contribution in [0.5, 0.6) is 0 Å². The van der Waals surface area contributed by atoms with Gasteiger partial charge in [0, 0.05) is 17.6 Å². The highest BCUT2D eigenvalue weighted by Gasteiger charge is 2.20. The number of thiophene rings is 1. The van der Waals surface area contributed by atoms with Crippen molar-refractivity contribution in [1.29, 1.82) is 0 Å². The van der Waals surface area contributed by atoms with Gasteiger partial charge in [0.05, 0.1) is 10.1 Å². The molecule has 0 saturated carbocycles. The van der Waals surface area contributed by atoms with Gasteiger partial charge in [0.1, 0.15) is 0 Å². The summed E-state index contributed by atoms with van der Waals surface area (Å²) in [6.45, 7) is 2.01. The molecule has 26 heavy (non-hydrogen) atoms. The molecular formula is C17H14ClN5OS2. The molecule has 4 aromatic rings. The summed E-state index contributed by atoms with van der Waals surface area (Å²) in [5.41, 5.74) is 0.798. The summed E-state index contributed by atoms with van der Waals surface area (Å²) in [6.07, 6.45) is 0. The molecule has 1 aromatic carbocycles. The van der Waals surface area contributed by atoms with E-state index in [0.717, 1.165) is 21.4 Å². The van der Waals surface area contributed by atoms with Crippen LogP contribution in [0.25, 0.3) is 22.2 Å². The molecule has 9 heteroatoms. The maximum Gasteiger partial charge on any atom is 0.258 e. The number of hydrogen-bond acceptors (Lipinski definition) is 7. The molecule has 6 nitrogen and oxygen atoms in total. The molecule has 0 saturated heterocycles. The van der Waals surface area contributed by atoms with E-state index in [4.69, 9.17) is 16.1 Å². The maximum atomic E-state index is 6.02. The number of benzene rings is 1. The SMILES string of the molecule is CC(Sc1nnc(-c2cccs2)n1C)c1noc(-c2cccc(Cl)c2)n1. The average molecular weight is 404 g/mol. The van der Waals surface area contributed by atoms with Gasteiger partial charge in [-0.3, -0.25) is 0 Å². The maximum absolute atomic E-state index is 6.02. The van der Waals surface area contributed by atoms with E-state index in [1.807, 2.05) is 48.2 Å². The van der Waals surface area contributed by atoms with Crippen LogP contribution in [-0.2, 0) is 7.05 Å². The number of nitrogens with zero attached hydrogens (tertiary/aromatic N) is 5. The zero-order valence-electron chi connectivity index (χ0n) is 14.0. The summed E-state index contributed by atoms with van der Waals surface area (Å²) in [5.74, 6) is 1.90. The third kappa shape index (κ3) is 3.40. The Morgan fingerprint density at radius 2 is 2.12 bits per heavy atom. The van der Waals surface area contributed by atoms with Crippen LogP contribution in [-0.4, -0.2) is 24.9 Å². The zero-order chi connectivity index (χ0) is 18.1. The lowest BCUT2D eigenvalue weighted by Gasteiger charge is -2.06. The van der Waals surface area contributed by atoms with Gasteiger partial charge in [-0.2, -0.15) is 4.98 Å². The molecule has 3 aromatic heterocycles. The molecule has 3 heterocycles. The first kappa shape index (κ1) is 17.3. The van der Waals surface area contributed by atoms with Crippen molar-refractivity contribution in [1.82, 2.24) is 24.9 Å². The number of rotatable bonds is 5. The van der Waals surface area contributed by atoms with Gasteiger partial charge in [-0.05, 0) is 36.6 Å². The summed E-state index contributed by atoms with van der Waals surface area (Å²) in [7, 11) is 1.96. The highest BCUT2D eigenvalue weighted by atomic mass is 35.5. The second kappa shape index (κ2) is 7.22. The average Bonchev–Trinajstić information content (AvgIpc) is 3.36. The predicted octanol–water partition coefficient (Wildman–Crippen LogP) is 5.10. The van der Waals surface area contributed by atoms with Gasteiger partial charge in [-0.25, -0.2) is 0 Å². The van der Waals surface area contributed by atoms with Crippen LogP contribution in [0, 0.1) is 0 Å². The molecule has 0 aliphatic carbocycles. The van der Waals surface area contributed by atoms with Crippen molar-refractivity contribution < 1.29 is 4.52 Å². The van der Waals surface area contributed by atoms with Crippen molar-refractivity contribution in [2.75, 3.05) is 0 Å². The first-order valence-corrected chi connectivity index (χ1v) is 9.95. The third-order valence-electron chi connectivity index (χ3n) is 3.74. The van der Waals surface area contributed by atoms with E-state index in [0.29, 0.717) is 16.7 Å². The molecule has 132 valence electrons. The van der Waals surface area contributed by atoms with Gasteiger partial charge in [0.15, 0.2) is 16.8 Å². The molecule has 0 fully saturated rings. The first-order valence-electron chi connectivity index (χ1n) is 7.81. The van der Waals surface area contributed by atoms with Gasteiger partial charge in [-0.15, -0.1) is 21.5 Å². The van der Waals surface area contributed by atoms with Gasteiger partial charge in [0.25, 0.3) is 5.89 Å². The fraction of sp³-hybridized carbons (Fsp3) is 0.176. The monoisotopic (exact) mass is 403 g/mol. The normalized spacial score (nSPS) is 12.4. The number of hydrogen-bond donors (Lipinski definition) is 0. The quantitative estimate of drug-likeness (QED) is 0.432. The summed E-state index contributed by atoms with van der Waals surface area (Å²) < 4.78 is 7.36. The molecule has 0 radical (unpaired) electrons. The van der Waals surface area contributed by atoms with Crippen molar-refractivity contribution in [3.63, 3.8) is 0 Å². The van der Waals surface area contributed by atoms with Crippen molar-refractivity contribution in [2.45, 2.75) is 17.3 Å². The minimum absolute atomic E-state index is 0.0363. The predicted molar refractivity (Wildman–Crippen MR) is 103 cm³/mol. The molecule has 0 bridgehead atoms. The van der Waals surface area contributed by atoms with Crippen LogP contribution in [0.15, 0.2) is 51.5 Å². The van der Waals surface area contributed by atoms with Crippen molar-refractivity contribution in [2.24, 2.45) is 7.05 Å². The Labute approximate surface area is 163 Å². The van der Waals surface area contributed by atoms with E-state index in [1.54, 1.807) is 23.5 Å². The van der Waals surface area contributed by atoms with Crippen LogP contribution in [0.3, 0.4) is 0 Å². The molecule has 0 aliphatic heterocycles. The molecule has 1 unspecified atom stereocenters. The number of thioether (sulfide) groups is 1. The Kier molecular flexibility index (Phi) is 4.80. The van der Waals surface area contributed by atoms with E-state index in [9.17, 15) is 0 Å². The zero-order valence-corrected chi connectivity index (χ0v) is 16.3. The second-order valence-corrected chi connectivity index (χ2v) is 8.26. The van der Waals surface area contributed by atoms with Gasteiger partial charge in [0.2, 0.25) is 0 Å². The molecule has 4 rings (SSSR count). The van der Waals surface area contributed by atoms with Gasteiger partial charge >= 0.3 is 0 Å². The molecular weight excluding hydrogens is 390 g/mol. The Bertz CT molecular complexity index is 1030. The second-order valence-electron chi connectivity index (χ2n) is 5.57. The molecule has 0 spiro atoms. The van der Waals surface area contributed by atoms with E-state index in [1.165, 1.54) is 11.8 Å². The fourth-order valence-electron chi connectivity index (χ4n) is 2.39. The molecule has 0 aliphatic rings. The van der Waals surface area contributed by atoms with Crippen LogP contribution in [0.2, 0.25) is 5.02 Å². The Balaban J connectivity index is 1.53. The molecule has 1 atom stereocenters. The topological polar surface area (TPSA) is 69.6 Å². The summed E-state index contributed by atoms with van der Waals surface area (Å²) in [5, 5.41) is 16.1. The largest absolute Gasteiger partial charge is 0.334 e. The van der Waals surface area contributed by atoms with E-state index < -0.39 is 0 Å². The Morgan fingerprint density at radius 1 is 1.23 bits per heavy atom. The smallest absolute Gasteiger partial charge is 0.258 e. The van der Waals surface area contributed by atoms with Gasteiger partial charge < -0.3 is 9.09 Å². The standard InChI is InChI=1S/C17H14ClN5OS2/c1-10(14-19-16(24-22-14)11-5-3-6-12(18)9-11)26-17-21-20-15(23(17)2)13-7-4-8-25-13/h3-10H,1-2H3. The van der Waals surface area contributed by atoms with Crippen LogP contribution < -0.4 is 0 Å². The van der Waals surface area contributed by atoms with Crippen molar-refractivity contribution in [3.8, 4) is 22.2 Å². The first-order chi connectivity index (χ1) is 12.6. The summed E-state index contributed by atoms with van der Waals surface area (Å²) in [4.78, 5) is 5.58. The Hall–Kier alpha value is -2.16. The summed E-state index contributed by atoms with van der Waals surface area (Å²) >= 11 is 9.20. The lowest BCUT2D eigenvalue weighted by Crippen LogP contribution is -1.97. The Morgan fingerprint density at radius 3 is 2.88 bits per heavy atom. The minimum Gasteiger partial charge on any atom is -0.334 e. The lowest BCUT2D eigenvalue weighted by molar-refractivity contribution is 0.423. The van der Waals surface area contributed by atoms with Crippen LogP contribution >= 0.6 is 34.7 Å².